The van der Waals surface area contributed by atoms with Crippen LogP contribution in [0.15, 0.2) is 24.3 Å². The Morgan fingerprint density at radius 1 is 0.857 bits per heavy atom. The van der Waals surface area contributed by atoms with Gasteiger partial charge in [0.1, 0.15) is 29.9 Å². The SMILES string of the molecule is CC(C)CC(NC(=O)C(Cc1ccc(O)cc1)NC(=O)C(N)CO)C(=O)NC(CC(=O)O)C(=O)O. The second-order valence-electron chi connectivity index (χ2n) is 8.41. The molecule has 1 aromatic carbocycles. The lowest BCUT2D eigenvalue weighted by Gasteiger charge is -2.26. The van der Waals surface area contributed by atoms with Gasteiger partial charge in [0.25, 0.3) is 0 Å². The second kappa shape index (κ2) is 13.9. The molecule has 0 radical (unpaired) electrons. The molecule has 1 rings (SSSR count). The van der Waals surface area contributed by atoms with Crippen LogP contribution < -0.4 is 21.7 Å². The molecule has 0 heterocycles. The van der Waals surface area contributed by atoms with Crippen molar-refractivity contribution in [2.45, 2.75) is 57.3 Å². The van der Waals surface area contributed by atoms with Crippen LogP contribution in [0.2, 0.25) is 0 Å². The van der Waals surface area contributed by atoms with Gasteiger partial charge in [0.15, 0.2) is 0 Å². The maximum Gasteiger partial charge on any atom is 0.326 e. The monoisotopic (exact) mass is 496 g/mol. The number of aliphatic carboxylic acids is 2. The van der Waals surface area contributed by atoms with Crippen LogP contribution >= 0.6 is 0 Å². The van der Waals surface area contributed by atoms with Gasteiger partial charge < -0.3 is 42.1 Å². The van der Waals surface area contributed by atoms with Crippen molar-refractivity contribution >= 4 is 29.7 Å². The summed E-state index contributed by atoms with van der Waals surface area (Å²) < 4.78 is 0. The number of nitrogens with one attached hydrogen (secondary N) is 3. The van der Waals surface area contributed by atoms with E-state index in [9.17, 15) is 34.2 Å². The van der Waals surface area contributed by atoms with E-state index >= 15 is 0 Å². The molecule has 4 atom stereocenters. The summed E-state index contributed by atoms with van der Waals surface area (Å²) in [5, 5.41) is 43.7. The van der Waals surface area contributed by atoms with Crippen LogP contribution in [0.5, 0.6) is 5.75 Å². The lowest BCUT2D eigenvalue weighted by molar-refractivity contribution is -0.147. The van der Waals surface area contributed by atoms with Crippen LogP contribution in [-0.4, -0.2) is 80.9 Å². The van der Waals surface area contributed by atoms with Crippen molar-refractivity contribution < 1.29 is 44.4 Å². The molecular formula is C22H32N4O9. The van der Waals surface area contributed by atoms with Crippen LogP contribution in [0.1, 0.15) is 32.3 Å². The molecule has 1 aromatic rings. The van der Waals surface area contributed by atoms with Crippen molar-refractivity contribution in [2.24, 2.45) is 11.7 Å². The van der Waals surface area contributed by atoms with Gasteiger partial charge in [0.2, 0.25) is 17.7 Å². The smallest absolute Gasteiger partial charge is 0.326 e. The number of aliphatic hydroxyl groups excluding tert-OH is 1. The summed E-state index contributed by atoms with van der Waals surface area (Å²) >= 11 is 0. The third-order valence-corrected chi connectivity index (χ3v) is 4.88. The zero-order valence-corrected chi connectivity index (χ0v) is 19.4. The molecule has 9 N–H and O–H groups in total. The summed E-state index contributed by atoms with van der Waals surface area (Å²) in [6.45, 7) is 2.85. The standard InChI is InChI=1S/C22H32N4O9/c1-11(2)7-15(20(32)26-17(22(34)35)9-18(29)30)25-21(33)16(24-19(31)14(23)10-27)8-12-3-5-13(28)6-4-12/h3-6,11,14-17,27-28H,7-10,23H2,1-2H3,(H,24,31)(H,25,33)(H,26,32)(H,29,30)(H,34,35). The van der Waals surface area contributed by atoms with Crippen LogP contribution in [0.25, 0.3) is 0 Å². The molecule has 13 heteroatoms. The van der Waals surface area contributed by atoms with Gasteiger partial charge in [0, 0.05) is 6.42 Å². The zero-order valence-electron chi connectivity index (χ0n) is 19.4. The predicted octanol–water partition coefficient (Wildman–Crippen LogP) is -1.69. The van der Waals surface area contributed by atoms with Gasteiger partial charge in [-0.15, -0.1) is 0 Å². The maximum absolute atomic E-state index is 13.1. The van der Waals surface area contributed by atoms with E-state index in [1.165, 1.54) is 24.3 Å². The van der Waals surface area contributed by atoms with E-state index in [0.29, 0.717) is 5.56 Å². The molecule has 194 valence electrons. The number of hydrogen-bond donors (Lipinski definition) is 8. The highest BCUT2D eigenvalue weighted by Crippen LogP contribution is 2.12. The zero-order chi connectivity index (χ0) is 26.7. The fraction of sp³-hybridized carbons (Fsp3) is 0.500. The fourth-order valence-corrected chi connectivity index (χ4v) is 3.06. The number of aliphatic hydroxyl groups is 1. The number of carbonyl (C=O) groups is 5. The Bertz CT molecular complexity index is 905. The quantitative estimate of drug-likeness (QED) is 0.146. The third-order valence-electron chi connectivity index (χ3n) is 4.88. The van der Waals surface area contributed by atoms with Crippen molar-refractivity contribution in [2.75, 3.05) is 6.61 Å². The minimum absolute atomic E-state index is 0.0101. The van der Waals surface area contributed by atoms with Crippen LogP contribution in [-0.2, 0) is 30.4 Å². The van der Waals surface area contributed by atoms with E-state index < -0.39 is 66.9 Å². The summed E-state index contributed by atoms with van der Waals surface area (Å²) in [6, 6.07) is 0.341. The highest BCUT2D eigenvalue weighted by molar-refractivity contribution is 5.94. The summed E-state index contributed by atoms with van der Waals surface area (Å²) in [7, 11) is 0. The number of amides is 3. The molecule has 0 aliphatic carbocycles. The molecule has 0 saturated heterocycles. The Kier molecular flexibility index (Phi) is 11.6. The minimum Gasteiger partial charge on any atom is -0.508 e. The summed E-state index contributed by atoms with van der Waals surface area (Å²) in [4.78, 5) is 60.3. The van der Waals surface area contributed by atoms with Gasteiger partial charge in [-0.05, 0) is 30.0 Å². The molecule has 0 aliphatic rings. The number of benzene rings is 1. The number of hydrogen-bond acceptors (Lipinski definition) is 8. The number of nitrogens with two attached hydrogens (primary N) is 1. The molecule has 0 aromatic heterocycles. The topological polar surface area (TPSA) is 228 Å². The van der Waals surface area contributed by atoms with Gasteiger partial charge in [-0.25, -0.2) is 4.79 Å². The summed E-state index contributed by atoms with van der Waals surface area (Å²) in [5.74, 6) is -5.62. The molecule has 3 amide bonds. The second-order valence-corrected chi connectivity index (χ2v) is 8.41. The number of phenolic OH excluding ortho intramolecular Hbond substituents is 1. The van der Waals surface area contributed by atoms with Crippen LogP contribution in [0.4, 0.5) is 0 Å². The molecular weight excluding hydrogens is 464 g/mol. The first-order chi connectivity index (χ1) is 16.3. The van der Waals surface area contributed by atoms with Crippen molar-refractivity contribution in [3.63, 3.8) is 0 Å². The highest BCUT2D eigenvalue weighted by Gasteiger charge is 2.31. The molecule has 13 nitrogen and oxygen atoms in total. The fourth-order valence-electron chi connectivity index (χ4n) is 3.06. The van der Waals surface area contributed by atoms with Gasteiger partial charge >= 0.3 is 11.9 Å². The number of rotatable bonds is 14. The first kappa shape index (κ1) is 29.3. The van der Waals surface area contributed by atoms with Gasteiger partial charge in [-0.1, -0.05) is 26.0 Å². The van der Waals surface area contributed by atoms with Crippen LogP contribution in [0.3, 0.4) is 0 Å². The van der Waals surface area contributed by atoms with E-state index in [4.69, 9.17) is 15.9 Å². The average molecular weight is 497 g/mol. The number of carboxylic acids is 2. The molecule has 35 heavy (non-hydrogen) atoms. The Morgan fingerprint density at radius 3 is 1.86 bits per heavy atom. The lowest BCUT2D eigenvalue weighted by atomic mass is 10.0. The molecule has 0 aliphatic heterocycles. The average Bonchev–Trinajstić information content (AvgIpc) is 2.77. The van der Waals surface area contributed by atoms with Crippen molar-refractivity contribution in [1.29, 1.82) is 0 Å². The normalized spacial score (nSPS) is 14.3. The number of carboxylic acid groups (broad SMARTS) is 2. The van der Waals surface area contributed by atoms with Crippen LogP contribution in [0, 0.1) is 5.92 Å². The van der Waals surface area contributed by atoms with Gasteiger partial charge in [0.05, 0.1) is 13.0 Å². The van der Waals surface area contributed by atoms with E-state index in [2.05, 4.69) is 16.0 Å². The van der Waals surface area contributed by atoms with Crippen molar-refractivity contribution in [1.82, 2.24) is 16.0 Å². The number of carbonyl (C=O) groups excluding carboxylic acids is 3. The lowest BCUT2D eigenvalue weighted by Crippen LogP contribution is -2.58. The van der Waals surface area contributed by atoms with Gasteiger partial charge in [-0.2, -0.15) is 0 Å². The Labute approximate surface area is 201 Å². The molecule has 0 spiro atoms. The van der Waals surface area contributed by atoms with Gasteiger partial charge in [-0.3, -0.25) is 19.2 Å². The number of aromatic hydroxyl groups is 1. The van der Waals surface area contributed by atoms with E-state index in [-0.39, 0.29) is 24.5 Å². The predicted molar refractivity (Wildman–Crippen MR) is 122 cm³/mol. The van der Waals surface area contributed by atoms with Crippen molar-refractivity contribution in [3.05, 3.63) is 29.8 Å². The first-order valence-corrected chi connectivity index (χ1v) is 10.8. The summed E-state index contributed by atoms with van der Waals surface area (Å²) in [5.41, 5.74) is 6.08. The largest absolute Gasteiger partial charge is 0.508 e. The highest BCUT2D eigenvalue weighted by atomic mass is 16.4. The Hall–Kier alpha value is -3.71. The molecule has 0 bridgehead atoms. The molecule has 0 saturated carbocycles. The first-order valence-electron chi connectivity index (χ1n) is 10.8. The Morgan fingerprint density at radius 2 is 1.37 bits per heavy atom. The summed E-state index contributed by atoms with van der Waals surface area (Å²) in [6.07, 6.45) is -0.822. The molecule has 4 unspecified atom stereocenters. The van der Waals surface area contributed by atoms with E-state index in [1.54, 1.807) is 13.8 Å². The maximum atomic E-state index is 13.1. The number of phenols is 1. The molecule has 0 fully saturated rings. The minimum atomic E-state index is -1.71. The Balaban J connectivity index is 3.12. The van der Waals surface area contributed by atoms with Crippen molar-refractivity contribution in [3.8, 4) is 5.75 Å². The third kappa shape index (κ3) is 10.4. The van der Waals surface area contributed by atoms with E-state index in [1.807, 2.05) is 0 Å². The van der Waals surface area contributed by atoms with E-state index in [0.717, 1.165) is 0 Å².